The van der Waals surface area contributed by atoms with Gasteiger partial charge in [-0.3, -0.25) is 0 Å². The molecule has 1 atom stereocenters. The summed E-state index contributed by atoms with van der Waals surface area (Å²) >= 11 is 0. The molecular formula is C10H17ClN2. The molecule has 0 saturated carbocycles. The Hall–Kier alpha value is -0.570. The smallest absolute Gasteiger partial charge is 0.0295 e. The Labute approximate surface area is 85.7 Å². The lowest BCUT2D eigenvalue weighted by molar-refractivity contribution is 0.618. The number of rotatable bonds is 4. The van der Waals surface area contributed by atoms with Gasteiger partial charge in [0, 0.05) is 6.04 Å². The molecule has 0 saturated heterocycles. The minimum Gasteiger partial charge on any atom is -0.330 e. The second-order valence-corrected chi connectivity index (χ2v) is 2.95. The van der Waals surface area contributed by atoms with Crippen molar-refractivity contribution in [2.75, 3.05) is 6.54 Å². The van der Waals surface area contributed by atoms with Crippen molar-refractivity contribution in [3.63, 3.8) is 0 Å². The molecule has 0 amide bonds. The standard InChI is InChI=1S/C10H16N2.ClH/c11-8-4-7-10(12)9-5-2-1-3-6-9;/h1-3,5-6,10H,4,7-8,11-12H2;1H/t10-;/m1./s1. The molecule has 0 aliphatic rings. The first-order valence-corrected chi connectivity index (χ1v) is 4.35. The van der Waals surface area contributed by atoms with E-state index >= 15 is 0 Å². The number of hydrogen-bond donors (Lipinski definition) is 2. The first-order valence-electron chi connectivity index (χ1n) is 4.35. The van der Waals surface area contributed by atoms with Crippen molar-refractivity contribution in [2.24, 2.45) is 11.5 Å². The lowest BCUT2D eigenvalue weighted by atomic mass is 10.0. The van der Waals surface area contributed by atoms with Crippen LogP contribution in [0.25, 0.3) is 0 Å². The molecule has 0 unspecified atom stereocenters. The fourth-order valence-corrected chi connectivity index (χ4v) is 1.20. The molecule has 13 heavy (non-hydrogen) atoms. The van der Waals surface area contributed by atoms with E-state index in [1.54, 1.807) is 0 Å². The van der Waals surface area contributed by atoms with E-state index < -0.39 is 0 Å². The van der Waals surface area contributed by atoms with Crippen LogP contribution in [-0.2, 0) is 0 Å². The van der Waals surface area contributed by atoms with Crippen LogP contribution in [0.1, 0.15) is 24.4 Å². The Kier molecular flexibility index (Phi) is 6.59. The second kappa shape index (κ2) is 6.89. The van der Waals surface area contributed by atoms with E-state index in [9.17, 15) is 0 Å². The van der Waals surface area contributed by atoms with Gasteiger partial charge in [0.25, 0.3) is 0 Å². The zero-order valence-electron chi connectivity index (χ0n) is 7.65. The van der Waals surface area contributed by atoms with Crippen molar-refractivity contribution >= 4 is 12.4 Å². The highest BCUT2D eigenvalue weighted by molar-refractivity contribution is 5.85. The van der Waals surface area contributed by atoms with Crippen LogP contribution in [0.2, 0.25) is 0 Å². The third kappa shape index (κ3) is 4.27. The van der Waals surface area contributed by atoms with Gasteiger partial charge in [-0.25, -0.2) is 0 Å². The Morgan fingerprint density at radius 3 is 2.31 bits per heavy atom. The van der Waals surface area contributed by atoms with E-state index in [-0.39, 0.29) is 18.4 Å². The lowest BCUT2D eigenvalue weighted by Crippen LogP contribution is -2.12. The molecule has 3 heteroatoms. The van der Waals surface area contributed by atoms with Crippen molar-refractivity contribution in [2.45, 2.75) is 18.9 Å². The van der Waals surface area contributed by atoms with Gasteiger partial charge in [0.15, 0.2) is 0 Å². The maximum absolute atomic E-state index is 5.93. The maximum Gasteiger partial charge on any atom is 0.0295 e. The van der Waals surface area contributed by atoms with Crippen LogP contribution in [-0.4, -0.2) is 6.54 Å². The average Bonchev–Trinajstić information content (AvgIpc) is 2.15. The van der Waals surface area contributed by atoms with Crippen molar-refractivity contribution in [1.29, 1.82) is 0 Å². The molecule has 74 valence electrons. The third-order valence-electron chi connectivity index (χ3n) is 1.95. The van der Waals surface area contributed by atoms with Gasteiger partial charge in [-0.15, -0.1) is 12.4 Å². The molecule has 0 heterocycles. The Balaban J connectivity index is 0.00000144. The highest BCUT2D eigenvalue weighted by atomic mass is 35.5. The zero-order valence-corrected chi connectivity index (χ0v) is 8.46. The largest absolute Gasteiger partial charge is 0.330 e. The summed E-state index contributed by atoms with van der Waals surface area (Å²) in [7, 11) is 0. The SMILES string of the molecule is Cl.NCCC[C@@H](N)c1ccccc1. The van der Waals surface area contributed by atoms with Crippen LogP contribution >= 0.6 is 12.4 Å². The summed E-state index contributed by atoms with van der Waals surface area (Å²) in [6, 6.07) is 10.3. The van der Waals surface area contributed by atoms with E-state index in [0.717, 1.165) is 19.4 Å². The highest BCUT2D eigenvalue weighted by Crippen LogP contribution is 2.13. The molecule has 0 radical (unpaired) electrons. The monoisotopic (exact) mass is 200 g/mol. The van der Waals surface area contributed by atoms with Gasteiger partial charge < -0.3 is 11.5 Å². The van der Waals surface area contributed by atoms with Gasteiger partial charge in [-0.1, -0.05) is 30.3 Å². The van der Waals surface area contributed by atoms with Crippen LogP contribution in [0, 0.1) is 0 Å². The topological polar surface area (TPSA) is 52.0 Å². The lowest BCUT2D eigenvalue weighted by Gasteiger charge is -2.10. The second-order valence-electron chi connectivity index (χ2n) is 2.95. The zero-order chi connectivity index (χ0) is 8.81. The van der Waals surface area contributed by atoms with Crippen LogP contribution in [0.4, 0.5) is 0 Å². The predicted molar refractivity (Wildman–Crippen MR) is 58.9 cm³/mol. The van der Waals surface area contributed by atoms with E-state index in [4.69, 9.17) is 11.5 Å². The number of nitrogens with two attached hydrogens (primary N) is 2. The normalized spacial score (nSPS) is 11.8. The third-order valence-corrected chi connectivity index (χ3v) is 1.95. The number of hydrogen-bond acceptors (Lipinski definition) is 2. The fourth-order valence-electron chi connectivity index (χ4n) is 1.20. The van der Waals surface area contributed by atoms with Gasteiger partial charge in [0.2, 0.25) is 0 Å². The number of benzene rings is 1. The van der Waals surface area contributed by atoms with E-state index in [1.165, 1.54) is 5.56 Å². The molecule has 2 nitrogen and oxygen atoms in total. The van der Waals surface area contributed by atoms with Gasteiger partial charge in [0.05, 0.1) is 0 Å². The van der Waals surface area contributed by atoms with Gasteiger partial charge in [-0.05, 0) is 24.9 Å². The summed E-state index contributed by atoms with van der Waals surface area (Å²) in [6.45, 7) is 0.723. The van der Waals surface area contributed by atoms with Crippen molar-refractivity contribution in [3.8, 4) is 0 Å². The minimum atomic E-state index is 0. The first kappa shape index (κ1) is 12.4. The van der Waals surface area contributed by atoms with Crippen LogP contribution in [0.15, 0.2) is 30.3 Å². The van der Waals surface area contributed by atoms with Gasteiger partial charge in [0.1, 0.15) is 0 Å². The first-order chi connectivity index (χ1) is 5.84. The molecule has 0 aliphatic heterocycles. The van der Waals surface area contributed by atoms with Crippen LogP contribution in [0.5, 0.6) is 0 Å². The summed E-state index contributed by atoms with van der Waals surface area (Å²) in [5.74, 6) is 0. The summed E-state index contributed by atoms with van der Waals surface area (Å²) in [5, 5.41) is 0. The van der Waals surface area contributed by atoms with Gasteiger partial charge in [-0.2, -0.15) is 0 Å². The Morgan fingerprint density at radius 2 is 1.77 bits per heavy atom. The van der Waals surface area contributed by atoms with E-state index in [0.29, 0.717) is 0 Å². The Bertz CT molecular complexity index is 213. The molecule has 0 fully saturated rings. The number of halogens is 1. The van der Waals surface area contributed by atoms with Crippen molar-refractivity contribution < 1.29 is 0 Å². The summed E-state index contributed by atoms with van der Waals surface area (Å²) in [4.78, 5) is 0. The molecule has 0 aliphatic carbocycles. The fraction of sp³-hybridized carbons (Fsp3) is 0.400. The van der Waals surface area contributed by atoms with E-state index in [1.807, 2.05) is 18.2 Å². The molecule has 0 aromatic heterocycles. The van der Waals surface area contributed by atoms with E-state index in [2.05, 4.69) is 12.1 Å². The quantitative estimate of drug-likeness (QED) is 0.780. The molecule has 1 aromatic rings. The molecule has 1 rings (SSSR count). The summed E-state index contributed by atoms with van der Waals surface area (Å²) < 4.78 is 0. The van der Waals surface area contributed by atoms with Crippen LogP contribution < -0.4 is 11.5 Å². The van der Waals surface area contributed by atoms with Gasteiger partial charge >= 0.3 is 0 Å². The molecule has 1 aromatic carbocycles. The molecule has 0 bridgehead atoms. The van der Waals surface area contributed by atoms with Crippen LogP contribution in [0.3, 0.4) is 0 Å². The highest BCUT2D eigenvalue weighted by Gasteiger charge is 2.02. The average molecular weight is 201 g/mol. The van der Waals surface area contributed by atoms with Crippen molar-refractivity contribution in [1.82, 2.24) is 0 Å². The summed E-state index contributed by atoms with van der Waals surface area (Å²) in [5.41, 5.74) is 12.5. The summed E-state index contributed by atoms with van der Waals surface area (Å²) in [6.07, 6.45) is 1.97. The predicted octanol–water partition coefficient (Wildman–Crippen LogP) is 1.85. The molecule has 0 spiro atoms. The van der Waals surface area contributed by atoms with Crippen molar-refractivity contribution in [3.05, 3.63) is 35.9 Å². The molecule has 4 N–H and O–H groups in total. The Morgan fingerprint density at radius 1 is 1.15 bits per heavy atom. The minimum absolute atomic E-state index is 0. The maximum atomic E-state index is 5.93. The molecular weight excluding hydrogens is 184 g/mol.